The van der Waals surface area contributed by atoms with Crippen molar-refractivity contribution >= 4 is 11.6 Å². The average Bonchev–Trinajstić information content (AvgIpc) is 2.30. The van der Waals surface area contributed by atoms with Gasteiger partial charge in [-0.3, -0.25) is 4.98 Å². The van der Waals surface area contributed by atoms with Gasteiger partial charge in [0.2, 0.25) is 0 Å². The highest BCUT2D eigenvalue weighted by atomic mass is 35.5. The van der Waals surface area contributed by atoms with Crippen LogP contribution in [0, 0.1) is 0 Å². The summed E-state index contributed by atoms with van der Waals surface area (Å²) >= 11 is 6.12. The summed E-state index contributed by atoms with van der Waals surface area (Å²) in [6, 6.07) is 11.4. The minimum atomic E-state index is -0.0683. The van der Waals surface area contributed by atoms with Gasteiger partial charge >= 0.3 is 0 Å². The minimum absolute atomic E-state index is 0.0683. The van der Waals surface area contributed by atoms with Gasteiger partial charge in [-0.25, -0.2) is 0 Å². The SMILES string of the molecule is OCc1ccnc(-c2ccccc2)c1Cl. The number of pyridine rings is 1. The molecule has 0 aliphatic rings. The zero-order valence-electron chi connectivity index (χ0n) is 8.02. The molecule has 0 radical (unpaired) electrons. The third-order valence-electron chi connectivity index (χ3n) is 2.19. The Morgan fingerprint density at radius 3 is 2.53 bits per heavy atom. The number of aromatic nitrogens is 1. The van der Waals surface area contributed by atoms with Gasteiger partial charge in [0, 0.05) is 11.8 Å². The van der Waals surface area contributed by atoms with E-state index in [0.717, 1.165) is 5.56 Å². The van der Waals surface area contributed by atoms with Crippen molar-refractivity contribution in [2.24, 2.45) is 0 Å². The molecule has 2 aromatic rings. The summed E-state index contributed by atoms with van der Waals surface area (Å²) in [5.41, 5.74) is 2.37. The molecule has 1 N–H and O–H groups in total. The van der Waals surface area contributed by atoms with E-state index < -0.39 is 0 Å². The Kier molecular flexibility index (Phi) is 2.99. The molecule has 15 heavy (non-hydrogen) atoms. The first kappa shape index (κ1) is 10.1. The second-order valence-electron chi connectivity index (χ2n) is 3.16. The average molecular weight is 220 g/mol. The summed E-state index contributed by atoms with van der Waals surface area (Å²) in [4.78, 5) is 4.21. The van der Waals surface area contributed by atoms with Crippen LogP contribution in [0.2, 0.25) is 5.02 Å². The lowest BCUT2D eigenvalue weighted by Crippen LogP contribution is -1.91. The third-order valence-corrected chi connectivity index (χ3v) is 2.61. The van der Waals surface area contributed by atoms with Crippen LogP contribution in [0.1, 0.15) is 5.56 Å². The van der Waals surface area contributed by atoms with Crippen LogP contribution in [-0.4, -0.2) is 10.1 Å². The smallest absolute Gasteiger partial charge is 0.0891 e. The van der Waals surface area contributed by atoms with Crippen LogP contribution in [0.15, 0.2) is 42.6 Å². The zero-order valence-corrected chi connectivity index (χ0v) is 8.78. The maximum absolute atomic E-state index is 9.08. The summed E-state index contributed by atoms with van der Waals surface area (Å²) in [5.74, 6) is 0. The van der Waals surface area contributed by atoms with E-state index in [4.69, 9.17) is 16.7 Å². The number of hydrogen-bond donors (Lipinski definition) is 1. The van der Waals surface area contributed by atoms with E-state index >= 15 is 0 Å². The van der Waals surface area contributed by atoms with Crippen molar-refractivity contribution in [1.29, 1.82) is 0 Å². The van der Waals surface area contributed by atoms with Gasteiger partial charge in [-0.15, -0.1) is 0 Å². The highest BCUT2D eigenvalue weighted by molar-refractivity contribution is 6.33. The van der Waals surface area contributed by atoms with Crippen LogP contribution < -0.4 is 0 Å². The van der Waals surface area contributed by atoms with Gasteiger partial charge < -0.3 is 5.11 Å². The van der Waals surface area contributed by atoms with E-state index in [2.05, 4.69) is 4.98 Å². The Morgan fingerprint density at radius 2 is 1.87 bits per heavy atom. The molecule has 0 atom stereocenters. The number of nitrogens with zero attached hydrogens (tertiary/aromatic N) is 1. The number of hydrogen-bond acceptors (Lipinski definition) is 2. The molecule has 0 unspecified atom stereocenters. The lowest BCUT2D eigenvalue weighted by atomic mass is 10.1. The molecule has 0 saturated carbocycles. The quantitative estimate of drug-likeness (QED) is 0.843. The molecule has 2 nitrogen and oxygen atoms in total. The summed E-state index contributed by atoms with van der Waals surface area (Å²) in [5, 5.41) is 9.60. The van der Waals surface area contributed by atoms with Gasteiger partial charge in [-0.2, -0.15) is 0 Å². The molecule has 0 aliphatic carbocycles. The molecule has 1 aromatic carbocycles. The van der Waals surface area contributed by atoms with Crippen LogP contribution >= 0.6 is 11.6 Å². The Hall–Kier alpha value is -1.38. The van der Waals surface area contributed by atoms with Gasteiger partial charge in [0.25, 0.3) is 0 Å². The number of aliphatic hydroxyl groups excluding tert-OH is 1. The van der Waals surface area contributed by atoms with Crippen LogP contribution in [0.5, 0.6) is 0 Å². The van der Waals surface area contributed by atoms with E-state index in [-0.39, 0.29) is 6.61 Å². The van der Waals surface area contributed by atoms with Gasteiger partial charge in [0.05, 0.1) is 17.3 Å². The van der Waals surface area contributed by atoms with Crippen molar-refractivity contribution in [3.63, 3.8) is 0 Å². The van der Waals surface area contributed by atoms with E-state index in [9.17, 15) is 0 Å². The van der Waals surface area contributed by atoms with Crippen LogP contribution in [0.4, 0.5) is 0 Å². The predicted octanol–water partition coefficient (Wildman–Crippen LogP) is 2.89. The first-order valence-corrected chi connectivity index (χ1v) is 5.00. The molecule has 1 heterocycles. The largest absolute Gasteiger partial charge is 0.392 e. The van der Waals surface area contributed by atoms with E-state index in [0.29, 0.717) is 16.3 Å². The molecular formula is C12H10ClNO. The summed E-state index contributed by atoms with van der Waals surface area (Å²) in [7, 11) is 0. The monoisotopic (exact) mass is 219 g/mol. The van der Waals surface area contributed by atoms with Crippen LogP contribution in [0.25, 0.3) is 11.3 Å². The lowest BCUT2D eigenvalue weighted by molar-refractivity contribution is 0.282. The first-order valence-electron chi connectivity index (χ1n) is 4.62. The maximum atomic E-state index is 9.08. The van der Waals surface area contributed by atoms with Crippen molar-refractivity contribution in [3.05, 3.63) is 53.2 Å². The van der Waals surface area contributed by atoms with Gasteiger partial charge in [0.1, 0.15) is 0 Å². The summed E-state index contributed by atoms with van der Waals surface area (Å²) in [6.45, 7) is -0.0683. The highest BCUT2D eigenvalue weighted by Gasteiger charge is 2.07. The molecule has 0 aliphatic heterocycles. The number of benzene rings is 1. The minimum Gasteiger partial charge on any atom is -0.392 e. The highest BCUT2D eigenvalue weighted by Crippen LogP contribution is 2.28. The predicted molar refractivity (Wildman–Crippen MR) is 60.6 cm³/mol. The Balaban J connectivity index is 2.54. The molecule has 0 fully saturated rings. The van der Waals surface area contributed by atoms with Crippen LogP contribution in [0.3, 0.4) is 0 Å². The van der Waals surface area contributed by atoms with Crippen LogP contribution in [-0.2, 0) is 6.61 Å². The fraction of sp³-hybridized carbons (Fsp3) is 0.0833. The zero-order chi connectivity index (χ0) is 10.7. The van der Waals surface area contributed by atoms with E-state index in [1.807, 2.05) is 30.3 Å². The fourth-order valence-electron chi connectivity index (χ4n) is 1.40. The standard InChI is InChI=1S/C12H10ClNO/c13-11-10(8-15)6-7-14-12(11)9-4-2-1-3-5-9/h1-7,15H,8H2. The second kappa shape index (κ2) is 4.43. The molecule has 2 rings (SSSR count). The van der Waals surface area contributed by atoms with Crippen molar-refractivity contribution < 1.29 is 5.11 Å². The van der Waals surface area contributed by atoms with E-state index in [1.165, 1.54) is 0 Å². The number of aliphatic hydroxyl groups is 1. The van der Waals surface area contributed by atoms with Crippen molar-refractivity contribution in [2.75, 3.05) is 0 Å². The molecule has 0 bridgehead atoms. The van der Waals surface area contributed by atoms with Crippen molar-refractivity contribution in [1.82, 2.24) is 4.98 Å². The fourth-order valence-corrected chi connectivity index (χ4v) is 1.68. The normalized spacial score (nSPS) is 10.3. The van der Waals surface area contributed by atoms with Gasteiger partial charge in [-0.05, 0) is 11.6 Å². The lowest BCUT2D eigenvalue weighted by Gasteiger charge is -2.06. The molecular weight excluding hydrogens is 210 g/mol. The Bertz CT molecular complexity index is 456. The molecule has 1 aromatic heterocycles. The van der Waals surface area contributed by atoms with Gasteiger partial charge in [0.15, 0.2) is 0 Å². The number of rotatable bonds is 2. The Morgan fingerprint density at radius 1 is 1.13 bits per heavy atom. The summed E-state index contributed by atoms with van der Waals surface area (Å²) < 4.78 is 0. The number of halogens is 1. The topological polar surface area (TPSA) is 33.1 Å². The molecule has 0 amide bonds. The van der Waals surface area contributed by atoms with Gasteiger partial charge in [-0.1, -0.05) is 41.9 Å². The summed E-state index contributed by atoms with van der Waals surface area (Å²) in [6.07, 6.45) is 1.65. The molecule has 0 spiro atoms. The van der Waals surface area contributed by atoms with E-state index in [1.54, 1.807) is 12.3 Å². The molecule has 0 saturated heterocycles. The Labute approximate surface area is 93.2 Å². The second-order valence-corrected chi connectivity index (χ2v) is 3.53. The molecule has 76 valence electrons. The third kappa shape index (κ3) is 2.01. The van der Waals surface area contributed by atoms with Crippen molar-refractivity contribution in [3.8, 4) is 11.3 Å². The molecule has 3 heteroatoms. The maximum Gasteiger partial charge on any atom is 0.0891 e. The first-order chi connectivity index (χ1) is 7.33. The van der Waals surface area contributed by atoms with Crippen molar-refractivity contribution in [2.45, 2.75) is 6.61 Å².